The zero-order valence-corrected chi connectivity index (χ0v) is 12.7. The minimum absolute atomic E-state index is 0.00134. The predicted molar refractivity (Wildman–Crippen MR) is 83.4 cm³/mol. The normalized spacial score (nSPS) is 32.0. The quantitative estimate of drug-likeness (QED) is 0.779. The van der Waals surface area contributed by atoms with Crippen LogP contribution < -0.4 is 10.6 Å². The van der Waals surface area contributed by atoms with E-state index >= 15 is 0 Å². The molecule has 1 heterocycles. The van der Waals surface area contributed by atoms with Gasteiger partial charge in [0.05, 0.1) is 12.0 Å². The first-order valence-electron chi connectivity index (χ1n) is 7.11. The summed E-state index contributed by atoms with van der Waals surface area (Å²) in [5.41, 5.74) is 1.19. The number of ketones is 1. The van der Waals surface area contributed by atoms with Crippen LogP contribution in [0.3, 0.4) is 0 Å². The lowest BCUT2D eigenvalue weighted by Crippen LogP contribution is -2.61. The van der Waals surface area contributed by atoms with E-state index in [-0.39, 0.29) is 23.4 Å². The molecule has 3 atom stereocenters. The second-order valence-corrected chi connectivity index (χ2v) is 7.06. The number of hydrogen-bond donors (Lipinski definition) is 2. The molecule has 2 N–H and O–H groups in total. The molecule has 1 aromatic rings. The summed E-state index contributed by atoms with van der Waals surface area (Å²) < 4.78 is 0. The molecule has 3 rings (SSSR count). The fraction of sp³-hybridized carbons (Fsp3) is 0.500. The van der Waals surface area contributed by atoms with Gasteiger partial charge in [-0.05, 0) is 29.6 Å². The van der Waals surface area contributed by atoms with Crippen LogP contribution in [0.25, 0.3) is 0 Å². The van der Waals surface area contributed by atoms with Crippen molar-refractivity contribution in [2.75, 3.05) is 0 Å². The van der Waals surface area contributed by atoms with E-state index in [9.17, 15) is 4.79 Å². The van der Waals surface area contributed by atoms with Crippen LogP contribution in [0, 0.1) is 11.3 Å². The lowest BCUT2D eigenvalue weighted by Gasteiger charge is -2.47. The number of Topliss-reactive ketones (excluding diaryl/α,β-unsaturated/α-hetero) is 1. The molecular formula is C16H20N2OS. The van der Waals surface area contributed by atoms with Crippen LogP contribution in [-0.2, 0) is 4.79 Å². The van der Waals surface area contributed by atoms with E-state index in [1.165, 1.54) is 0 Å². The van der Waals surface area contributed by atoms with Crippen molar-refractivity contribution in [1.82, 2.24) is 10.6 Å². The van der Waals surface area contributed by atoms with Gasteiger partial charge in [-0.2, -0.15) is 0 Å². The average Bonchev–Trinajstić information content (AvgIpc) is 2.36. The summed E-state index contributed by atoms with van der Waals surface area (Å²) in [7, 11) is 0. The summed E-state index contributed by atoms with van der Waals surface area (Å²) in [6.07, 6.45) is 1.63. The molecule has 2 fully saturated rings. The van der Waals surface area contributed by atoms with Gasteiger partial charge in [-0.3, -0.25) is 4.79 Å². The van der Waals surface area contributed by atoms with Crippen molar-refractivity contribution >= 4 is 23.1 Å². The molecular weight excluding hydrogens is 268 g/mol. The highest BCUT2D eigenvalue weighted by Gasteiger charge is 2.47. The number of benzene rings is 1. The first-order chi connectivity index (χ1) is 9.46. The highest BCUT2D eigenvalue weighted by molar-refractivity contribution is 7.80. The molecule has 0 amide bonds. The van der Waals surface area contributed by atoms with Gasteiger partial charge in [0.1, 0.15) is 5.78 Å². The monoisotopic (exact) mass is 288 g/mol. The summed E-state index contributed by atoms with van der Waals surface area (Å²) in [5.74, 6) is 0.305. The Morgan fingerprint density at radius 3 is 2.60 bits per heavy atom. The third-order valence-corrected chi connectivity index (χ3v) is 4.59. The average molecular weight is 288 g/mol. The molecule has 1 aromatic carbocycles. The minimum Gasteiger partial charge on any atom is -0.359 e. The fourth-order valence-electron chi connectivity index (χ4n) is 3.56. The lowest BCUT2D eigenvalue weighted by atomic mass is 9.66. The minimum atomic E-state index is -0.0304. The molecule has 0 spiro atoms. The lowest BCUT2D eigenvalue weighted by molar-refractivity contribution is -0.130. The van der Waals surface area contributed by atoms with Crippen LogP contribution in [0.15, 0.2) is 30.3 Å². The molecule has 1 aliphatic heterocycles. The maximum Gasteiger partial charge on any atom is 0.167 e. The van der Waals surface area contributed by atoms with Crippen molar-refractivity contribution < 1.29 is 4.79 Å². The number of hydrogen-bond acceptors (Lipinski definition) is 2. The molecule has 1 saturated carbocycles. The Morgan fingerprint density at radius 2 is 1.90 bits per heavy atom. The molecule has 0 unspecified atom stereocenters. The zero-order chi connectivity index (χ0) is 14.3. The van der Waals surface area contributed by atoms with Crippen molar-refractivity contribution in [2.45, 2.75) is 38.8 Å². The van der Waals surface area contributed by atoms with Gasteiger partial charge >= 0.3 is 0 Å². The largest absolute Gasteiger partial charge is 0.359 e. The Hall–Kier alpha value is -1.42. The van der Waals surface area contributed by atoms with Crippen molar-refractivity contribution in [1.29, 1.82) is 0 Å². The van der Waals surface area contributed by atoms with Gasteiger partial charge < -0.3 is 10.6 Å². The maximum atomic E-state index is 12.6. The van der Waals surface area contributed by atoms with E-state index < -0.39 is 0 Å². The number of rotatable bonds is 1. The van der Waals surface area contributed by atoms with E-state index in [1.54, 1.807) is 0 Å². The molecule has 1 saturated heterocycles. The standard InChI is InChI=1S/C16H20N2OS/c1-16(2)8-11-13(12(19)9-16)14(18-15(20)17-11)10-6-4-3-5-7-10/h3-7,11,13-14H,8-9H2,1-2H3,(H2,17,18,20)/t11-,13-,14-/m1/s1. The Kier molecular flexibility index (Phi) is 3.28. The van der Waals surface area contributed by atoms with Crippen LogP contribution in [-0.4, -0.2) is 16.9 Å². The van der Waals surface area contributed by atoms with Crippen LogP contribution in [0.4, 0.5) is 0 Å². The Bertz CT molecular complexity index is 541. The van der Waals surface area contributed by atoms with Crippen LogP contribution >= 0.6 is 12.2 Å². The summed E-state index contributed by atoms with van der Waals surface area (Å²) >= 11 is 5.33. The number of carbonyl (C=O) groups excluding carboxylic acids is 1. The molecule has 106 valence electrons. The summed E-state index contributed by atoms with van der Waals surface area (Å²) in [5, 5.41) is 7.25. The number of fused-ring (bicyclic) bond motifs is 1. The third kappa shape index (κ3) is 2.44. The fourth-order valence-corrected chi connectivity index (χ4v) is 3.84. The Morgan fingerprint density at radius 1 is 1.20 bits per heavy atom. The van der Waals surface area contributed by atoms with E-state index in [2.05, 4.69) is 36.6 Å². The topological polar surface area (TPSA) is 41.1 Å². The Balaban J connectivity index is 1.95. The maximum absolute atomic E-state index is 12.6. The smallest absolute Gasteiger partial charge is 0.167 e. The second-order valence-electron chi connectivity index (χ2n) is 6.65. The Labute approximate surface area is 125 Å². The van der Waals surface area contributed by atoms with Crippen molar-refractivity contribution in [3.05, 3.63) is 35.9 Å². The van der Waals surface area contributed by atoms with E-state index in [0.29, 0.717) is 17.3 Å². The molecule has 4 heteroatoms. The van der Waals surface area contributed by atoms with Gasteiger partial charge in [0, 0.05) is 12.5 Å². The summed E-state index contributed by atoms with van der Waals surface area (Å²) in [6, 6.07) is 10.3. The molecule has 0 aromatic heterocycles. The SMILES string of the molecule is CC1(C)CC(=O)[C@@H]2[C@@H](c3ccccc3)NC(=S)N[C@@H]2C1. The summed E-state index contributed by atoms with van der Waals surface area (Å²) in [6.45, 7) is 4.32. The van der Waals surface area contributed by atoms with Gasteiger partial charge in [-0.15, -0.1) is 0 Å². The molecule has 2 aliphatic rings. The van der Waals surface area contributed by atoms with Crippen molar-refractivity contribution in [3.63, 3.8) is 0 Å². The summed E-state index contributed by atoms with van der Waals surface area (Å²) in [4.78, 5) is 12.6. The van der Waals surface area contributed by atoms with Gasteiger partial charge in [0.25, 0.3) is 0 Å². The van der Waals surface area contributed by atoms with Gasteiger partial charge in [0.2, 0.25) is 0 Å². The van der Waals surface area contributed by atoms with Gasteiger partial charge in [0.15, 0.2) is 5.11 Å². The first kappa shape index (κ1) is 13.6. The number of carbonyl (C=O) groups is 1. The van der Waals surface area contributed by atoms with Crippen molar-refractivity contribution in [3.8, 4) is 0 Å². The molecule has 3 nitrogen and oxygen atoms in total. The number of thiocarbonyl (C=S) groups is 1. The van der Waals surface area contributed by atoms with E-state index in [0.717, 1.165) is 12.0 Å². The van der Waals surface area contributed by atoms with Crippen LogP contribution in [0.5, 0.6) is 0 Å². The zero-order valence-electron chi connectivity index (χ0n) is 11.8. The molecule has 0 bridgehead atoms. The van der Waals surface area contributed by atoms with E-state index in [1.807, 2.05) is 18.2 Å². The predicted octanol–water partition coefficient (Wildman–Crippen LogP) is 2.58. The third-order valence-electron chi connectivity index (χ3n) is 4.35. The highest BCUT2D eigenvalue weighted by atomic mass is 32.1. The molecule has 0 radical (unpaired) electrons. The second kappa shape index (κ2) is 4.85. The molecule has 1 aliphatic carbocycles. The van der Waals surface area contributed by atoms with Crippen molar-refractivity contribution in [2.24, 2.45) is 11.3 Å². The van der Waals surface area contributed by atoms with Crippen LogP contribution in [0.2, 0.25) is 0 Å². The number of nitrogens with one attached hydrogen (secondary N) is 2. The highest BCUT2D eigenvalue weighted by Crippen LogP contribution is 2.42. The van der Waals surface area contributed by atoms with Crippen LogP contribution in [0.1, 0.15) is 38.3 Å². The first-order valence-corrected chi connectivity index (χ1v) is 7.52. The van der Waals surface area contributed by atoms with Gasteiger partial charge in [-0.1, -0.05) is 44.2 Å². The molecule has 20 heavy (non-hydrogen) atoms. The van der Waals surface area contributed by atoms with Gasteiger partial charge in [-0.25, -0.2) is 0 Å². The van der Waals surface area contributed by atoms with E-state index in [4.69, 9.17) is 12.2 Å².